The maximum absolute atomic E-state index is 14.9. The number of rotatable bonds is 3. The van der Waals surface area contributed by atoms with Crippen molar-refractivity contribution in [2.24, 2.45) is 7.05 Å². The van der Waals surface area contributed by atoms with Gasteiger partial charge in [0.25, 0.3) is 5.91 Å². The number of halogens is 1. The van der Waals surface area contributed by atoms with Crippen LogP contribution in [0, 0.1) is 5.82 Å². The van der Waals surface area contributed by atoms with E-state index >= 15 is 0 Å². The molecule has 5 rings (SSSR count). The highest BCUT2D eigenvalue weighted by atomic mass is 19.1. The Hall–Kier alpha value is -2.66. The van der Waals surface area contributed by atoms with Crippen molar-refractivity contribution in [1.29, 1.82) is 0 Å². The molecule has 2 unspecified atom stereocenters. The fraction of sp³-hybridized carbons (Fsp3) is 0.375. The van der Waals surface area contributed by atoms with E-state index in [-0.39, 0.29) is 17.8 Å². The van der Waals surface area contributed by atoms with Gasteiger partial charge in [0.2, 0.25) is 0 Å². The van der Waals surface area contributed by atoms with Gasteiger partial charge in [0.05, 0.1) is 16.8 Å². The minimum Gasteiger partial charge on any atom is -0.349 e. The SMILES string of the molecule is CN1C2CCC1CC(NC(=O)c1c(-c3ccccc3)n(C)c3cccc(F)c13)C2. The molecular formula is C24H26FN3O. The van der Waals surface area contributed by atoms with Gasteiger partial charge in [-0.1, -0.05) is 36.4 Å². The number of benzene rings is 2. The topological polar surface area (TPSA) is 37.3 Å². The van der Waals surface area contributed by atoms with Gasteiger partial charge in [0, 0.05) is 30.6 Å². The Morgan fingerprint density at radius 3 is 2.38 bits per heavy atom. The van der Waals surface area contributed by atoms with Gasteiger partial charge >= 0.3 is 0 Å². The molecule has 2 saturated heterocycles. The van der Waals surface area contributed by atoms with Crippen LogP contribution in [0.3, 0.4) is 0 Å². The van der Waals surface area contributed by atoms with Gasteiger partial charge in [-0.2, -0.15) is 0 Å². The highest BCUT2D eigenvalue weighted by molar-refractivity contribution is 6.13. The zero-order valence-electron chi connectivity index (χ0n) is 16.9. The molecule has 29 heavy (non-hydrogen) atoms. The van der Waals surface area contributed by atoms with Crippen LogP contribution in [0.4, 0.5) is 4.39 Å². The summed E-state index contributed by atoms with van der Waals surface area (Å²) >= 11 is 0. The maximum atomic E-state index is 14.9. The molecule has 2 bridgehead atoms. The number of aromatic nitrogens is 1. The predicted molar refractivity (Wildman–Crippen MR) is 113 cm³/mol. The van der Waals surface area contributed by atoms with Crippen LogP contribution in [0.1, 0.15) is 36.0 Å². The van der Waals surface area contributed by atoms with Crippen LogP contribution in [-0.2, 0) is 7.05 Å². The number of piperidine rings is 1. The standard InChI is InChI=1S/C24H26FN3O/c1-27-17-11-12-18(27)14-16(13-17)26-24(29)22-21-19(25)9-6-10-20(21)28(2)23(22)15-7-4-3-5-8-15/h3-10,16-18H,11-14H2,1-2H3,(H,26,29). The molecule has 1 aromatic heterocycles. The van der Waals surface area contributed by atoms with E-state index in [1.807, 2.05) is 48.0 Å². The largest absolute Gasteiger partial charge is 0.349 e. The molecule has 5 heteroatoms. The van der Waals surface area contributed by atoms with Crippen LogP contribution in [0.2, 0.25) is 0 Å². The van der Waals surface area contributed by atoms with Crippen LogP contribution in [0.15, 0.2) is 48.5 Å². The lowest BCUT2D eigenvalue weighted by molar-refractivity contribution is 0.0884. The van der Waals surface area contributed by atoms with Crippen LogP contribution in [0.5, 0.6) is 0 Å². The molecule has 2 aliphatic heterocycles. The van der Waals surface area contributed by atoms with Crippen LogP contribution in [-0.4, -0.2) is 40.5 Å². The van der Waals surface area contributed by atoms with Crippen molar-refractivity contribution in [2.75, 3.05) is 7.05 Å². The predicted octanol–water partition coefficient (Wildman–Crippen LogP) is 4.34. The quantitative estimate of drug-likeness (QED) is 0.721. The molecular weight excluding hydrogens is 365 g/mol. The van der Waals surface area contributed by atoms with Crippen molar-refractivity contribution < 1.29 is 9.18 Å². The van der Waals surface area contributed by atoms with Crippen molar-refractivity contribution in [2.45, 2.75) is 43.8 Å². The Kier molecular flexibility index (Phi) is 4.43. The van der Waals surface area contributed by atoms with Crippen LogP contribution in [0.25, 0.3) is 22.2 Å². The third-order valence-electron chi connectivity index (χ3n) is 6.88. The first kappa shape index (κ1) is 18.4. The number of hydrogen-bond donors (Lipinski definition) is 1. The fourth-order valence-corrected chi connectivity index (χ4v) is 5.39. The van der Waals surface area contributed by atoms with Gasteiger partial charge < -0.3 is 14.8 Å². The molecule has 2 aromatic carbocycles. The van der Waals surface area contributed by atoms with E-state index in [1.165, 1.54) is 18.9 Å². The third kappa shape index (κ3) is 2.96. The minimum absolute atomic E-state index is 0.141. The summed E-state index contributed by atoms with van der Waals surface area (Å²) < 4.78 is 16.8. The normalized spacial score (nSPS) is 24.2. The number of nitrogens with one attached hydrogen (secondary N) is 1. The molecule has 2 fully saturated rings. The Labute approximate surface area is 170 Å². The smallest absolute Gasteiger partial charge is 0.254 e. The molecule has 3 aromatic rings. The molecule has 0 aliphatic carbocycles. The average molecular weight is 391 g/mol. The molecule has 1 N–H and O–H groups in total. The highest BCUT2D eigenvalue weighted by Gasteiger charge is 2.39. The third-order valence-corrected chi connectivity index (χ3v) is 6.88. The summed E-state index contributed by atoms with van der Waals surface area (Å²) in [4.78, 5) is 16.0. The fourth-order valence-electron chi connectivity index (χ4n) is 5.39. The Morgan fingerprint density at radius 2 is 1.69 bits per heavy atom. The molecule has 2 aliphatic rings. The zero-order chi connectivity index (χ0) is 20.1. The lowest BCUT2D eigenvalue weighted by Crippen LogP contribution is -2.48. The minimum atomic E-state index is -0.353. The van der Waals surface area contributed by atoms with E-state index in [0.29, 0.717) is 23.0 Å². The monoisotopic (exact) mass is 391 g/mol. The van der Waals surface area contributed by atoms with E-state index in [9.17, 15) is 9.18 Å². The number of hydrogen-bond acceptors (Lipinski definition) is 2. The van der Waals surface area contributed by atoms with Crippen molar-refractivity contribution in [3.05, 3.63) is 59.9 Å². The molecule has 0 saturated carbocycles. The Balaban J connectivity index is 1.58. The second-order valence-electron chi connectivity index (χ2n) is 8.47. The van der Waals surface area contributed by atoms with Crippen LogP contribution >= 0.6 is 0 Å². The maximum Gasteiger partial charge on any atom is 0.254 e. The van der Waals surface area contributed by atoms with Crippen molar-refractivity contribution in [3.63, 3.8) is 0 Å². The molecule has 0 radical (unpaired) electrons. The first-order valence-corrected chi connectivity index (χ1v) is 10.4. The van der Waals surface area contributed by atoms with Crippen molar-refractivity contribution >= 4 is 16.8 Å². The summed E-state index contributed by atoms with van der Waals surface area (Å²) in [5.74, 6) is -0.526. The lowest BCUT2D eigenvalue weighted by Gasteiger charge is -2.36. The van der Waals surface area contributed by atoms with E-state index in [1.54, 1.807) is 6.07 Å². The van der Waals surface area contributed by atoms with Crippen molar-refractivity contribution in [1.82, 2.24) is 14.8 Å². The molecule has 4 nitrogen and oxygen atoms in total. The van der Waals surface area contributed by atoms with Gasteiger partial charge in [-0.3, -0.25) is 4.79 Å². The average Bonchev–Trinajstić information content (AvgIpc) is 3.11. The number of fused-ring (bicyclic) bond motifs is 3. The first-order chi connectivity index (χ1) is 14.0. The van der Waals surface area contributed by atoms with E-state index < -0.39 is 0 Å². The van der Waals surface area contributed by atoms with E-state index in [0.717, 1.165) is 29.6 Å². The zero-order valence-corrected chi connectivity index (χ0v) is 16.9. The number of carbonyl (C=O) groups is 1. The number of amides is 1. The summed E-state index contributed by atoms with van der Waals surface area (Å²) in [5, 5.41) is 3.66. The first-order valence-electron chi connectivity index (χ1n) is 10.4. The molecule has 3 heterocycles. The van der Waals surface area contributed by atoms with Gasteiger partial charge in [-0.15, -0.1) is 0 Å². The van der Waals surface area contributed by atoms with E-state index in [2.05, 4.69) is 17.3 Å². The number of aryl methyl sites for hydroxylation is 1. The molecule has 1 amide bonds. The molecule has 150 valence electrons. The van der Waals surface area contributed by atoms with Gasteiger partial charge in [-0.05, 0) is 50.4 Å². The summed E-state index contributed by atoms with van der Waals surface area (Å²) in [6, 6.07) is 16.0. The molecule has 0 spiro atoms. The Bertz CT molecular complexity index is 1060. The Morgan fingerprint density at radius 1 is 1.00 bits per heavy atom. The number of nitrogens with zero attached hydrogens (tertiary/aromatic N) is 2. The van der Waals surface area contributed by atoms with E-state index in [4.69, 9.17) is 0 Å². The summed E-state index contributed by atoms with van der Waals surface area (Å²) in [6.07, 6.45) is 4.33. The summed E-state index contributed by atoms with van der Waals surface area (Å²) in [5.41, 5.74) is 2.86. The second kappa shape index (κ2) is 6.99. The summed E-state index contributed by atoms with van der Waals surface area (Å²) in [6.45, 7) is 0. The second-order valence-corrected chi connectivity index (χ2v) is 8.47. The number of carbonyl (C=O) groups excluding carboxylic acids is 1. The van der Waals surface area contributed by atoms with Crippen molar-refractivity contribution in [3.8, 4) is 11.3 Å². The van der Waals surface area contributed by atoms with Gasteiger partial charge in [-0.25, -0.2) is 4.39 Å². The highest BCUT2D eigenvalue weighted by Crippen LogP contribution is 2.37. The van der Waals surface area contributed by atoms with Gasteiger partial charge in [0.1, 0.15) is 5.82 Å². The summed E-state index contributed by atoms with van der Waals surface area (Å²) in [7, 11) is 4.09. The van der Waals surface area contributed by atoms with Crippen LogP contribution < -0.4 is 5.32 Å². The van der Waals surface area contributed by atoms with Gasteiger partial charge in [0.15, 0.2) is 0 Å². The molecule has 2 atom stereocenters. The lowest BCUT2D eigenvalue weighted by atomic mass is 9.97.